The van der Waals surface area contributed by atoms with Crippen molar-refractivity contribution >= 4 is 0 Å². The lowest BCUT2D eigenvalue weighted by atomic mass is 9.93. The Bertz CT molecular complexity index is 624. The molecule has 1 aromatic carbocycles. The second kappa shape index (κ2) is 6.58. The largest absolute Gasteiger partial charge is 0.419 e. The van der Waals surface area contributed by atoms with E-state index in [1.807, 2.05) is 38.1 Å². The molecule has 2 aromatic rings. The first kappa shape index (κ1) is 15.2. The van der Waals surface area contributed by atoms with Crippen molar-refractivity contribution in [3.05, 3.63) is 35.7 Å². The number of aromatic nitrogens is 2. The summed E-state index contributed by atoms with van der Waals surface area (Å²) in [5, 5.41) is 18.1. The van der Waals surface area contributed by atoms with Gasteiger partial charge in [0.15, 0.2) is 0 Å². The predicted molar refractivity (Wildman–Crippen MR) is 84.2 cm³/mol. The van der Waals surface area contributed by atoms with Gasteiger partial charge in [-0.2, -0.15) is 0 Å². The topological polar surface area (TPSA) is 62.4 Å². The lowest BCUT2D eigenvalue weighted by Crippen LogP contribution is -2.39. The number of piperidine rings is 1. The van der Waals surface area contributed by atoms with Crippen LogP contribution in [0.4, 0.5) is 0 Å². The summed E-state index contributed by atoms with van der Waals surface area (Å²) in [4.78, 5) is 2.29. The van der Waals surface area contributed by atoms with Gasteiger partial charge in [-0.15, -0.1) is 10.2 Å². The maximum atomic E-state index is 9.76. The molecule has 1 fully saturated rings. The van der Waals surface area contributed by atoms with Gasteiger partial charge in [0.1, 0.15) is 0 Å². The highest BCUT2D eigenvalue weighted by molar-refractivity contribution is 5.53. The lowest BCUT2D eigenvalue weighted by molar-refractivity contribution is 0.0566. The normalized spacial score (nSPS) is 21.0. The van der Waals surface area contributed by atoms with Crippen molar-refractivity contribution in [3.63, 3.8) is 0 Å². The summed E-state index contributed by atoms with van der Waals surface area (Å²) in [7, 11) is 0. The van der Waals surface area contributed by atoms with Gasteiger partial charge in [0.05, 0.1) is 12.6 Å². The Balaban J connectivity index is 1.67. The van der Waals surface area contributed by atoms with Crippen LogP contribution < -0.4 is 0 Å². The minimum Gasteiger partial charge on any atom is -0.419 e. The Hall–Kier alpha value is -1.72. The number of nitrogens with zero attached hydrogens (tertiary/aromatic N) is 3. The molecule has 1 aliphatic heterocycles. The Morgan fingerprint density at radius 3 is 3.05 bits per heavy atom. The molecule has 1 aromatic heterocycles. The van der Waals surface area contributed by atoms with Crippen LogP contribution in [0.2, 0.25) is 0 Å². The molecule has 0 saturated carbocycles. The molecule has 22 heavy (non-hydrogen) atoms. The van der Waals surface area contributed by atoms with E-state index in [4.69, 9.17) is 4.42 Å². The summed E-state index contributed by atoms with van der Waals surface area (Å²) in [5.41, 5.74) is 2.13. The minimum absolute atomic E-state index is 0.256. The van der Waals surface area contributed by atoms with E-state index >= 15 is 0 Å². The first-order chi connectivity index (χ1) is 10.6. The number of aliphatic hydroxyl groups excluding tert-OH is 1. The molecule has 2 heterocycles. The van der Waals surface area contributed by atoms with E-state index in [1.165, 1.54) is 5.56 Å². The van der Waals surface area contributed by atoms with E-state index in [-0.39, 0.29) is 6.10 Å². The maximum absolute atomic E-state index is 9.76. The van der Waals surface area contributed by atoms with Crippen molar-refractivity contribution in [2.75, 3.05) is 13.1 Å². The van der Waals surface area contributed by atoms with Gasteiger partial charge in [0.2, 0.25) is 11.8 Å². The maximum Gasteiger partial charge on any atom is 0.247 e. The van der Waals surface area contributed by atoms with E-state index < -0.39 is 0 Å². The van der Waals surface area contributed by atoms with Crippen molar-refractivity contribution < 1.29 is 9.52 Å². The van der Waals surface area contributed by atoms with Crippen LogP contribution in [-0.4, -0.2) is 39.4 Å². The van der Waals surface area contributed by atoms with Gasteiger partial charge in [-0.3, -0.25) is 4.90 Å². The Labute approximate surface area is 131 Å². The van der Waals surface area contributed by atoms with Crippen LogP contribution in [0, 0.1) is 12.8 Å². The molecule has 118 valence electrons. The van der Waals surface area contributed by atoms with Gasteiger partial charge in [0, 0.05) is 12.1 Å². The lowest BCUT2D eigenvalue weighted by Gasteiger charge is -2.33. The average molecular weight is 301 g/mol. The first-order valence-electron chi connectivity index (χ1n) is 7.91. The summed E-state index contributed by atoms with van der Waals surface area (Å²) in [6.07, 6.45) is 1.94. The zero-order valence-electron chi connectivity index (χ0n) is 13.2. The van der Waals surface area contributed by atoms with Crippen molar-refractivity contribution in [2.45, 2.75) is 39.3 Å². The number of likely N-dealkylation sites (tertiary alicyclic amines) is 1. The fraction of sp³-hybridized carbons (Fsp3) is 0.529. The molecule has 2 atom stereocenters. The van der Waals surface area contributed by atoms with Gasteiger partial charge in [-0.05, 0) is 51.3 Å². The van der Waals surface area contributed by atoms with Crippen LogP contribution in [0.1, 0.15) is 31.2 Å². The van der Waals surface area contributed by atoms with Gasteiger partial charge in [-0.1, -0.05) is 17.7 Å². The third-order valence-electron chi connectivity index (χ3n) is 4.31. The van der Waals surface area contributed by atoms with E-state index in [0.29, 0.717) is 24.2 Å². The number of benzene rings is 1. The second-order valence-corrected chi connectivity index (χ2v) is 6.25. The van der Waals surface area contributed by atoms with Crippen molar-refractivity contribution in [1.29, 1.82) is 0 Å². The molecule has 0 spiro atoms. The highest BCUT2D eigenvalue weighted by Crippen LogP contribution is 2.23. The third kappa shape index (κ3) is 3.54. The van der Waals surface area contributed by atoms with E-state index in [2.05, 4.69) is 15.1 Å². The van der Waals surface area contributed by atoms with Crippen LogP contribution in [0.3, 0.4) is 0 Å². The summed E-state index contributed by atoms with van der Waals surface area (Å²) in [6.45, 7) is 6.48. The summed E-state index contributed by atoms with van der Waals surface area (Å²) < 4.78 is 5.80. The molecular formula is C17H23N3O2. The van der Waals surface area contributed by atoms with Crippen LogP contribution in [0.25, 0.3) is 11.5 Å². The van der Waals surface area contributed by atoms with Gasteiger partial charge in [0.25, 0.3) is 0 Å². The number of aliphatic hydroxyl groups is 1. The van der Waals surface area contributed by atoms with Gasteiger partial charge >= 0.3 is 0 Å². The van der Waals surface area contributed by atoms with Crippen molar-refractivity contribution in [2.24, 2.45) is 5.92 Å². The van der Waals surface area contributed by atoms with Crippen molar-refractivity contribution in [1.82, 2.24) is 15.1 Å². The summed E-state index contributed by atoms with van der Waals surface area (Å²) in [5.74, 6) is 1.55. The fourth-order valence-corrected chi connectivity index (χ4v) is 3.03. The number of rotatable bonds is 4. The quantitative estimate of drug-likeness (QED) is 0.940. The monoisotopic (exact) mass is 301 g/mol. The third-order valence-corrected chi connectivity index (χ3v) is 4.31. The Morgan fingerprint density at radius 1 is 1.41 bits per heavy atom. The first-order valence-corrected chi connectivity index (χ1v) is 7.91. The second-order valence-electron chi connectivity index (χ2n) is 6.25. The number of aryl methyl sites for hydroxylation is 1. The van der Waals surface area contributed by atoms with Gasteiger partial charge < -0.3 is 9.52 Å². The summed E-state index contributed by atoms with van der Waals surface area (Å²) in [6, 6.07) is 8.06. The molecule has 5 heteroatoms. The molecule has 0 amide bonds. The molecule has 1 N–H and O–H groups in total. The predicted octanol–water partition coefficient (Wildman–Crippen LogP) is 2.64. The van der Waals surface area contributed by atoms with E-state index in [9.17, 15) is 5.11 Å². The molecular weight excluding hydrogens is 278 g/mol. The Morgan fingerprint density at radius 2 is 2.27 bits per heavy atom. The Kier molecular flexibility index (Phi) is 4.55. The zero-order valence-corrected chi connectivity index (χ0v) is 13.2. The van der Waals surface area contributed by atoms with Crippen molar-refractivity contribution in [3.8, 4) is 11.5 Å². The van der Waals surface area contributed by atoms with E-state index in [0.717, 1.165) is 31.5 Å². The van der Waals surface area contributed by atoms with Gasteiger partial charge in [-0.25, -0.2) is 0 Å². The standard InChI is InChI=1S/C17H23N3O2/c1-12-5-3-6-14(9-12)17-19-18-16(22-17)11-20-8-4-7-15(10-20)13(2)21/h3,5-6,9,13,15,21H,4,7-8,10-11H2,1-2H3. The summed E-state index contributed by atoms with van der Waals surface area (Å²) >= 11 is 0. The molecule has 3 rings (SSSR count). The SMILES string of the molecule is Cc1cccc(-c2nnc(CN3CCCC(C(C)O)C3)o2)c1. The molecule has 1 saturated heterocycles. The molecule has 0 aliphatic carbocycles. The van der Waals surface area contributed by atoms with Crippen LogP contribution in [-0.2, 0) is 6.54 Å². The molecule has 0 radical (unpaired) electrons. The molecule has 2 unspecified atom stereocenters. The highest BCUT2D eigenvalue weighted by atomic mass is 16.4. The number of hydrogen-bond acceptors (Lipinski definition) is 5. The number of hydrogen-bond donors (Lipinski definition) is 1. The van der Waals surface area contributed by atoms with Crippen LogP contribution in [0.5, 0.6) is 0 Å². The molecule has 0 bridgehead atoms. The fourth-order valence-electron chi connectivity index (χ4n) is 3.03. The molecule has 1 aliphatic rings. The minimum atomic E-state index is -0.256. The van der Waals surface area contributed by atoms with Crippen LogP contribution >= 0.6 is 0 Å². The zero-order chi connectivity index (χ0) is 15.5. The van der Waals surface area contributed by atoms with Crippen LogP contribution in [0.15, 0.2) is 28.7 Å². The van der Waals surface area contributed by atoms with E-state index in [1.54, 1.807) is 0 Å². The highest BCUT2D eigenvalue weighted by Gasteiger charge is 2.24. The smallest absolute Gasteiger partial charge is 0.247 e. The molecule has 5 nitrogen and oxygen atoms in total. The average Bonchev–Trinajstić information content (AvgIpc) is 2.96.